The lowest BCUT2D eigenvalue weighted by Gasteiger charge is -2.23. The van der Waals surface area contributed by atoms with E-state index in [0.717, 1.165) is 12.1 Å². The van der Waals surface area contributed by atoms with Gasteiger partial charge < -0.3 is 10.2 Å². The van der Waals surface area contributed by atoms with Crippen molar-refractivity contribution in [2.75, 3.05) is 28.8 Å². The van der Waals surface area contributed by atoms with Crippen LogP contribution in [0.15, 0.2) is 30.3 Å². The summed E-state index contributed by atoms with van der Waals surface area (Å²) in [6.07, 6.45) is 0.513. The van der Waals surface area contributed by atoms with Gasteiger partial charge in [0.2, 0.25) is 0 Å². The van der Waals surface area contributed by atoms with Crippen molar-refractivity contribution in [1.29, 1.82) is 0 Å². The highest BCUT2D eigenvalue weighted by molar-refractivity contribution is 7.91. The van der Waals surface area contributed by atoms with E-state index >= 15 is 0 Å². The standard InChI is InChI=1S/C16H16F2N4O3S/c1-22(11-6-7-26(24,25)9-11)15-5-4-14(20-21-15)16(23)19-10-2-3-12(17)13(18)8-10/h2-5,8,11H,6-7,9H2,1H3,(H,19,23). The summed E-state index contributed by atoms with van der Waals surface area (Å²) in [6.45, 7) is 0. The topological polar surface area (TPSA) is 92.3 Å². The number of carbonyl (C=O) groups is 1. The molecule has 1 aromatic heterocycles. The molecule has 1 aliphatic rings. The summed E-state index contributed by atoms with van der Waals surface area (Å²) in [5.41, 5.74) is 0.0824. The molecular weight excluding hydrogens is 366 g/mol. The summed E-state index contributed by atoms with van der Waals surface area (Å²) >= 11 is 0. The van der Waals surface area contributed by atoms with Crippen LogP contribution in [0.3, 0.4) is 0 Å². The van der Waals surface area contributed by atoms with Crippen LogP contribution in [0.2, 0.25) is 0 Å². The van der Waals surface area contributed by atoms with Gasteiger partial charge >= 0.3 is 0 Å². The number of nitrogens with one attached hydrogen (secondary N) is 1. The molecule has 1 saturated heterocycles. The zero-order valence-corrected chi connectivity index (χ0v) is 14.6. The second-order valence-corrected chi connectivity index (χ2v) is 8.26. The third-order valence-corrected chi connectivity index (χ3v) is 5.93. The minimum atomic E-state index is -3.02. The molecule has 1 atom stereocenters. The van der Waals surface area contributed by atoms with Gasteiger partial charge in [-0.1, -0.05) is 0 Å². The number of anilines is 2. The molecule has 2 aromatic rings. The first-order chi connectivity index (χ1) is 12.2. The Labute approximate surface area is 149 Å². The highest BCUT2D eigenvalue weighted by Gasteiger charge is 2.31. The predicted octanol–water partition coefficient (Wildman–Crippen LogP) is 1.63. The van der Waals surface area contributed by atoms with Crippen LogP contribution in [-0.4, -0.2) is 49.1 Å². The van der Waals surface area contributed by atoms with Gasteiger partial charge in [0.1, 0.15) is 0 Å². The van der Waals surface area contributed by atoms with Crippen LogP contribution in [-0.2, 0) is 9.84 Å². The number of aromatic nitrogens is 2. The second-order valence-electron chi connectivity index (χ2n) is 6.03. The van der Waals surface area contributed by atoms with E-state index in [1.165, 1.54) is 12.1 Å². The smallest absolute Gasteiger partial charge is 0.276 e. The number of sulfone groups is 1. The molecule has 1 amide bonds. The summed E-state index contributed by atoms with van der Waals surface area (Å²) in [4.78, 5) is 13.8. The van der Waals surface area contributed by atoms with Gasteiger partial charge in [0.05, 0.1) is 11.5 Å². The molecule has 1 fully saturated rings. The molecule has 7 nitrogen and oxygen atoms in total. The van der Waals surface area contributed by atoms with Gasteiger partial charge in [0.25, 0.3) is 5.91 Å². The third-order valence-electron chi connectivity index (χ3n) is 4.18. The first-order valence-electron chi connectivity index (χ1n) is 7.78. The Balaban J connectivity index is 1.68. The van der Waals surface area contributed by atoms with E-state index in [-0.39, 0.29) is 28.9 Å². The molecular formula is C16H16F2N4O3S. The predicted molar refractivity (Wildman–Crippen MR) is 91.8 cm³/mol. The summed E-state index contributed by atoms with van der Waals surface area (Å²) in [7, 11) is -1.30. The molecule has 1 N–H and O–H groups in total. The van der Waals surface area contributed by atoms with Crippen molar-refractivity contribution in [1.82, 2.24) is 10.2 Å². The Morgan fingerprint density at radius 2 is 1.96 bits per heavy atom. The largest absolute Gasteiger partial charge is 0.354 e. The van der Waals surface area contributed by atoms with Gasteiger partial charge in [0, 0.05) is 24.8 Å². The highest BCUT2D eigenvalue weighted by Crippen LogP contribution is 2.21. The van der Waals surface area contributed by atoms with E-state index in [2.05, 4.69) is 15.5 Å². The lowest BCUT2D eigenvalue weighted by atomic mass is 10.2. The zero-order valence-electron chi connectivity index (χ0n) is 13.8. The molecule has 1 aromatic carbocycles. The molecule has 26 heavy (non-hydrogen) atoms. The van der Waals surface area contributed by atoms with Crippen molar-refractivity contribution in [3.8, 4) is 0 Å². The SMILES string of the molecule is CN(c1ccc(C(=O)Nc2ccc(F)c(F)c2)nn1)C1CCS(=O)(=O)C1. The van der Waals surface area contributed by atoms with Gasteiger partial charge in [-0.3, -0.25) is 4.79 Å². The van der Waals surface area contributed by atoms with Gasteiger partial charge in [-0.25, -0.2) is 17.2 Å². The van der Waals surface area contributed by atoms with Crippen molar-refractivity contribution in [2.45, 2.75) is 12.5 Å². The average molecular weight is 382 g/mol. The molecule has 0 spiro atoms. The first-order valence-corrected chi connectivity index (χ1v) is 9.61. The van der Waals surface area contributed by atoms with E-state index in [4.69, 9.17) is 0 Å². The first kappa shape index (κ1) is 18.2. The van der Waals surface area contributed by atoms with Crippen LogP contribution < -0.4 is 10.2 Å². The Hall–Kier alpha value is -2.62. The maximum absolute atomic E-state index is 13.2. The van der Waals surface area contributed by atoms with Crippen LogP contribution in [0.5, 0.6) is 0 Å². The zero-order chi connectivity index (χ0) is 18.9. The maximum Gasteiger partial charge on any atom is 0.276 e. The molecule has 2 heterocycles. The number of carbonyl (C=O) groups excluding carboxylic acids is 1. The number of rotatable bonds is 4. The van der Waals surface area contributed by atoms with Crippen molar-refractivity contribution in [3.05, 3.63) is 47.7 Å². The fourth-order valence-corrected chi connectivity index (χ4v) is 4.45. The van der Waals surface area contributed by atoms with E-state index < -0.39 is 27.4 Å². The average Bonchev–Trinajstić information content (AvgIpc) is 2.97. The molecule has 0 bridgehead atoms. The molecule has 3 rings (SSSR count). The second kappa shape index (κ2) is 6.94. The van der Waals surface area contributed by atoms with Gasteiger partial charge in [-0.15, -0.1) is 10.2 Å². The molecule has 1 unspecified atom stereocenters. The third kappa shape index (κ3) is 3.96. The number of benzene rings is 1. The Morgan fingerprint density at radius 3 is 2.54 bits per heavy atom. The monoisotopic (exact) mass is 382 g/mol. The number of amides is 1. The quantitative estimate of drug-likeness (QED) is 0.864. The fraction of sp³-hybridized carbons (Fsp3) is 0.312. The summed E-state index contributed by atoms with van der Waals surface area (Å²) in [5.74, 6) is -2.06. The number of hydrogen-bond donors (Lipinski definition) is 1. The molecule has 10 heteroatoms. The lowest BCUT2D eigenvalue weighted by Crippen LogP contribution is -2.33. The maximum atomic E-state index is 13.2. The van der Waals surface area contributed by atoms with Crippen molar-refractivity contribution in [2.24, 2.45) is 0 Å². The van der Waals surface area contributed by atoms with E-state index in [1.54, 1.807) is 18.0 Å². The molecule has 0 radical (unpaired) electrons. The number of hydrogen-bond acceptors (Lipinski definition) is 6. The van der Waals surface area contributed by atoms with E-state index in [0.29, 0.717) is 12.2 Å². The van der Waals surface area contributed by atoms with Gasteiger partial charge in [-0.05, 0) is 30.7 Å². The van der Waals surface area contributed by atoms with Crippen molar-refractivity contribution in [3.63, 3.8) is 0 Å². The van der Waals surface area contributed by atoms with Gasteiger partial charge in [0.15, 0.2) is 33.0 Å². The van der Waals surface area contributed by atoms with Crippen LogP contribution in [0.25, 0.3) is 0 Å². The summed E-state index contributed by atoms with van der Waals surface area (Å²) in [5, 5.41) is 10.2. The molecule has 0 saturated carbocycles. The van der Waals surface area contributed by atoms with Gasteiger partial charge in [-0.2, -0.15) is 0 Å². The number of nitrogens with zero attached hydrogens (tertiary/aromatic N) is 3. The Morgan fingerprint density at radius 1 is 1.19 bits per heavy atom. The highest BCUT2D eigenvalue weighted by atomic mass is 32.2. The minimum Gasteiger partial charge on any atom is -0.354 e. The van der Waals surface area contributed by atoms with Crippen molar-refractivity contribution >= 4 is 27.2 Å². The van der Waals surface area contributed by atoms with E-state index in [1.807, 2.05) is 0 Å². The molecule has 0 aliphatic carbocycles. The van der Waals surface area contributed by atoms with E-state index in [9.17, 15) is 22.0 Å². The number of halogens is 2. The van der Waals surface area contributed by atoms with Crippen LogP contribution in [0, 0.1) is 11.6 Å². The lowest BCUT2D eigenvalue weighted by molar-refractivity contribution is 0.102. The Bertz CT molecular complexity index is 935. The minimum absolute atomic E-state index is 0.00840. The Kier molecular flexibility index (Phi) is 4.86. The van der Waals surface area contributed by atoms with Crippen LogP contribution >= 0.6 is 0 Å². The van der Waals surface area contributed by atoms with Crippen molar-refractivity contribution < 1.29 is 22.0 Å². The summed E-state index contributed by atoms with van der Waals surface area (Å²) < 4.78 is 49.2. The molecule has 138 valence electrons. The fourth-order valence-electron chi connectivity index (χ4n) is 2.67. The molecule has 1 aliphatic heterocycles. The van der Waals surface area contributed by atoms with Crippen LogP contribution in [0.4, 0.5) is 20.3 Å². The van der Waals surface area contributed by atoms with Crippen LogP contribution in [0.1, 0.15) is 16.9 Å². The summed E-state index contributed by atoms with van der Waals surface area (Å²) in [6, 6.07) is 5.80. The normalized spacial score (nSPS) is 18.5.